The van der Waals surface area contributed by atoms with Crippen molar-refractivity contribution in [3.8, 4) is 23.8 Å². The second kappa shape index (κ2) is 8.48. The Morgan fingerprint density at radius 3 is 2.64 bits per heavy atom. The topological polar surface area (TPSA) is 84.9 Å². The lowest BCUT2D eigenvalue weighted by atomic mass is 10.0. The third-order valence-electron chi connectivity index (χ3n) is 4.72. The van der Waals surface area contributed by atoms with E-state index in [2.05, 4.69) is 27.2 Å². The summed E-state index contributed by atoms with van der Waals surface area (Å²) in [7, 11) is 1.47. The van der Waals surface area contributed by atoms with Crippen LogP contribution in [0.4, 0.5) is 4.79 Å². The van der Waals surface area contributed by atoms with Crippen LogP contribution in [0.3, 0.4) is 0 Å². The van der Waals surface area contributed by atoms with Gasteiger partial charge in [0.1, 0.15) is 12.2 Å². The van der Waals surface area contributed by atoms with Gasteiger partial charge in [0.15, 0.2) is 11.5 Å². The number of barbiturate groups is 1. The average Bonchev–Trinajstić information content (AvgIpc) is 3.18. The molecule has 1 aliphatic heterocycles. The molecule has 0 bridgehead atoms. The van der Waals surface area contributed by atoms with E-state index >= 15 is 0 Å². The number of amides is 4. The SMILES string of the molecule is C#CCOc1cc(Br)c(/C=C2\C(=O)NC(=O)N(C3CCCC3)C2=O)cc1OC. The van der Waals surface area contributed by atoms with Crippen LogP contribution in [0.25, 0.3) is 6.08 Å². The van der Waals surface area contributed by atoms with Crippen molar-refractivity contribution < 1.29 is 23.9 Å². The van der Waals surface area contributed by atoms with Crippen molar-refractivity contribution in [2.75, 3.05) is 13.7 Å². The average molecular weight is 447 g/mol. The number of ether oxygens (including phenoxy) is 2. The number of carbonyl (C=O) groups excluding carboxylic acids is 3. The van der Waals surface area contributed by atoms with E-state index in [1.807, 2.05) is 0 Å². The summed E-state index contributed by atoms with van der Waals surface area (Å²) in [4.78, 5) is 38.6. The fraction of sp³-hybridized carbons (Fsp3) is 0.350. The predicted octanol–water partition coefficient (Wildman–Crippen LogP) is 2.87. The van der Waals surface area contributed by atoms with Gasteiger partial charge in [0.05, 0.1) is 7.11 Å². The molecule has 0 radical (unpaired) electrons. The van der Waals surface area contributed by atoms with E-state index in [0.29, 0.717) is 21.5 Å². The molecule has 0 unspecified atom stereocenters. The van der Waals surface area contributed by atoms with Crippen LogP contribution in [0.2, 0.25) is 0 Å². The van der Waals surface area contributed by atoms with Crippen molar-refractivity contribution in [3.63, 3.8) is 0 Å². The highest BCUT2D eigenvalue weighted by Gasteiger charge is 2.40. The third-order valence-corrected chi connectivity index (χ3v) is 5.40. The zero-order chi connectivity index (χ0) is 20.3. The smallest absolute Gasteiger partial charge is 0.331 e. The number of hydrogen-bond acceptors (Lipinski definition) is 5. The molecule has 0 spiro atoms. The summed E-state index contributed by atoms with van der Waals surface area (Å²) in [5.74, 6) is 1.90. The lowest BCUT2D eigenvalue weighted by Crippen LogP contribution is -2.57. The maximum atomic E-state index is 12.9. The molecule has 146 valence electrons. The van der Waals surface area contributed by atoms with E-state index in [1.165, 1.54) is 13.2 Å². The molecule has 2 fully saturated rings. The van der Waals surface area contributed by atoms with Gasteiger partial charge in [-0.3, -0.25) is 19.8 Å². The molecule has 4 amide bonds. The number of benzene rings is 1. The van der Waals surface area contributed by atoms with Crippen molar-refractivity contribution in [2.45, 2.75) is 31.7 Å². The molecule has 1 N–H and O–H groups in total. The van der Waals surface area contributed by atoms with Crippen molar-refractivity contribution in [1.82, 2.24) is 10.2 Å². The van der Waals surface area contributed by atoms with Gasteiger partial charge in [0.2, 0.25) is 0 Å². The molecule has 1 aliphatic carbocycles. The standard InChI is InChI=1S/C20H19BrN2O5/c1-3-8-28-17-11-15(21)12(10-16(17)27-2)9-14-18(24)22-20(26)23(19(14)25)13-6-4-5-7-13/h1,9-11,13H,4-8H2,2H3,(H,22,24,26)/b14-9+. The number of imide groups is 2. The number of halogens is 1. The number of rotatable bonds is 5. The van der Waals surface area contributed by atoms with Crippen molar-refractivity contribution in [3.05, 3.63) is 27.7 Å². The Morgan fingerprint density at radius 2 is 2.00 bits per heavy atom. The number of terminal acetylenes is 1. The first-order valence-corrected chi connectivity index (χ1v) is 9.60. The van der Waals surface area contributed by atoms with E-state index in [-0.39, 0.29) is 18.2 Å². The number of urea groups is 1. The Kier molecular flexibility index (Phi) is 6.05. The van der Waals surface area contributed by atoms with Crippen LogP contribution in [0.15, 0.2) is 22.2 Å². The lowest BCUT2D eigenvalue weighted by molar-refractivity contribution is -0.131. The largest absolute Gasteiger partial charge is 0.493 e. The quantitative estimate of drug-likeness (QED) is 0.427. The van der Waals surface area contributed by atoms with E-state index in [1.54, 1.807) is 12.1 Å². The summed E-state index contributed by atoms with van der Waals surface area (Å²) in [5, 5.41) is 2.26. The molecular formula is C20H19BrN2O5. The number of hydrogen-bond donors (Lipinski definition) is 1. The highest BCUT2D eigenvalue weighted by Crippen LogP contribution is 2.35. The molecule has 3 rings (SSSR count). The normalized spacial score (nSPS) is 19.0. The highest BCUT2D eigenvalue weighted by atomic mass is 79.9. The second-order valence-electron chi connectivity index (χ2n) is 6.45. The zero-order valence-corrected chi connectivity index (χ0v) is 16.9. The van der Waals surface area contributed by atoms with Crippen molar-refractivity contribution >= 4 is 39.9 Å². The minimum Gasteiger partial charge on any atom is -0.493 e. The summed E-state index contributed by atoms with van der Waals surface area (Å²) in [6.07, 6.45) is 10.1. The molecule has 1 aromatic carbocycles. The van der Waals surface area contributed by atoms with Crippen LogP contribution in [0, 0.1) is 12.3 Å². The first-order valence-electron chi connectivity index (χ1n) is 8.80. The Balaban J connectivity index is 1.96. The molecule has 28 heavy (non-hydrogen) atoms. The first-order chi connectivity index (χ1) is 13.5. The van der Waals surface area contributed by atoms with Crippen molar-refractivity contribution in [1.29, 1.82) is 0 Å². The molecular weight excluding hydrogens is 428 g/mol. The van der Waals surface area contributed by atoms with Gasteiger partial charge < -0.3 is 9.47 Å². The van der Waals surface area contributed by atoms with E-state index in [4.69, 9.17) is 15.9 Å². The summed E-state index contributed by atoms with van der Waals surface area (Å²) >= 11 is 3.41. The van der Waals surface area contributed by atoms with Crippen LogP contribution in [0.1, 0.15) is 31.2 Å². The maximum absolute atomic E-state index is 12.9. The van der Waals surface area contributed by atoms with E-state index in [0.717, 1.165) is 30.6 Å². The van der Waals surface area contributed by atoms with Crippen LogP contribution < -0.4 is 14.8 Å². The molecule has 2 aliphatic rings. The number of carbonyl (C=O) groups is 3. The van der Waals surface area contributed by atoms with E-state index in [9.17, 15) is 14.4 Å². The molecule has 0 atom stereocenters. The molecule has 1 saturated heterocycles. The van der Waals surface area contributed by atoms with Gasteiger partial charge in [-0.1, -0.05) is 34.7 Å². The Labute approximate surface area is 171 Å². The Bertz CT molecular complexity index is 897. The van der Waals surface area contributed by atoms with Gasteiger partial charge in [0.25, 0.3) is 11.8 Å². The molecule has 0 aromatic heterocycles. The monoisotopic (exact) mass is 446 g/mol. The van der Waals surface area contributed by atoms with Gasteiger partial charge in [-0.2, -0.15) is 0 Å². The van der Waals surface area contributed by atoms with Crippen LogP contribution in [0.5, 0.6) is 11.5 Å². The fourth-order valence-electron chi connectivity index (χ4n) is 3.37. The van der Waals surface area contributed by atoms with Crippen LogP contribution in [-0.2, 0) is 9.59 Å². The molecule has 8 heteroatoms. The van der Waals surface area contributed by atoms with Gasteiger partial charge in [0, 0.05) is 10.5 Å². The fourth-order valence-corrected chi connectivity index (χ4v) is 3.81. The molecule has 1 saturated carbocycles. The Morgan fingerprint density at radius 1 is 1.29 bits per heavy atom. The third kappa shape index (κ3) is 3.90. The number of methoxy groups -OCH3 is 1. The molecule has 7 nitrogen and oxygen atoms in total. The van der Waals surface area contributed by atoms with Crippen molar-refractivity contribution in [2.24, 2.45) is 0 Å². The maximum Gasteiger partial charge on any atom is 0.331 e. The number of nitrogens with zero attached hydrogens (tertiary/aromatic N) is 1. The number of nitrogens with one attached hydrogen (secondary N) is 1. The summed E-state index contributed by atoms with van der Waals surface area (Å²) in [6.45, 7) is 0.0720. The van der Waals surface area contributed by atoms with Gasteiger partial charge in [-0.25, -0.2) is 4.79 Å². The second-order valence-corrected chi connectivity index (χ2v) is 7.30. The molecule has 1 heterocycles. The minimum absolute atomic E-state index is 0.0720. The van der Waals surface area contributed by atoms with Gasteiger partial charge in [-0.05, 0) is 36.6 Å². The summed E-state index contributed by atoms with van der Waals surface area (Å²) in [6, 6.07) is 2.43. The molecule has 1 aromatic rings. The van der Waals surface area contributed by atoms with Crippen LogP contribution >= 0.6 is 15.9 Å². The van der Waals surface area contributed by atoms with E-state index < -0.39 is 17.8 Å². The predicted molar refractivity (Wildman–Crippen MR) is 106 cm³/mol. The minimum atomic E-state index is -0.720. The van der Waals surface area contributed by atoms with Gasteiger partial charge >= 0.3 is 6.03 Å². The lowest BCUT2D eigenvalue weighted by Gasteiger charge is -2.31. The Hall–Kier alpha value is -2.79. The highest BCUT2D eigenvalue weighted by molar-refractivity contribution is 9.10. The first kappa shape index (κ1) is 20.0. The zero-order valence-electron chi connectivity index (χ0n) is 15.3. The summed E-state index contributed by atoms with van der Waals surface area (Å²) < 4.78 is 11.3. The van der Waals surface area contributed by atoms with Crippen LogP contribution in [-0.4, -0.2) is 42.5 Å². The van der Waals surface area contributed by atoms with Gasteiger partial charge in [-0.15, -0.1) is 6.42 Å². The summed E-state index contributed by atoms with van der Waals surface area (Å²) in [5.41, 5.74) is 0.427.